The maximum absolute atomic E-state index is 13.5. The molecule has 31 heavy (non-hydrogen) atoms. The van der Waals surface area contributed by atoms with Gasteiger partial charge in [-0.1, -0.05) is 30.3 Å². The van der Waals surface area contributed by atoms with Crippen molar-refractivity contribution in [3.05, 3.63) is 65.2 Å². The van der Waals surface area contributed by atoms with Crippen LogP contribution < -0.4 is 10.1 Å². The molecule has 1 spiro atoms. The Morgan fingerprint density at radius 2 is 1.90 bits per heavy atom. The molecule has 1 N–H and O–H groups in total. The third-order valence-corrected chi connectivity index (χ3v) is 6.90. The van der Waals surface area contributed by atoms with Crippen molar-refractivity contribution in [3.8, 4) is 5.75 Å². The van der Waals surface area contributed by atoms with Gasteiger partial charge in [0.05, 0.1) is 30.4 Å². The quantitative estimate of drug-likeness (QED) is 0.643. The van der Waals surface area contributed by atoms with E-state index in [1.165, 1.54) is 12.1 Å². The minimum Gasteiger partial charge on any atom is -0.493 e. The first-order chi connectivity index (χ1) is 14.9. The number of alkyl halides is 3. The van der Waals surface area contributed by atoms with Crippen molar-refractivity contribution in [2.24, 2.45) is 5.92 Å². The summed E-state index contributed by atoms with van der Waals surface area (Å²) in [6.45, 7) is 1.89. The third-order valence-electron chi connectivity index (χ3n) is 6.90. The van der Waals surface area contributed by atoms with E-state index in [0.29, 0.717) is 36.9 Å². The number of nitrogens with one attached hydrogen (secondary N) is 1. The molecule has 0 amide bonds. The zero-order chi connectivity index (χ0) is 21.5. The van der Waals surface area contributed by atoms with Crippen molar-refractivity contribution in [1.82, 2.24) is 5.32 Å². The fourth-order valence-corrected chi connectivity index (χ4v) is 5.08. The summed E-state index contributed by atoms with van der Waals surface area (Å²) in [6.07, 6.45) is 0.462. The van der Waals surface area contributed by atoms with Crippen LogP contribution >= 0.6 is 0 Å². The van der Waals surface area contributed by atoms with Gasteiger partial charge in [0.15, 0.2) is 0 Å². The first-order valence-electron chi connectivity index (χ1n) is 11.2. The zero-order valence-electron chi connectivity index (χ0n) is 17.5. The lowest BCUT2D eigenvalue weighted by Crippen LogP contribution is -2.48. The summed E-state index contributed by atoms with van der Waals surface area (Å²) >= 11 is 0. The number of hydrogen-bond donors (Lipinski definition) is 1. The normalized spacial score (nSPS) is 28.7. The van der Waals surface area contributed by atoms with Crippen molar-refractivity contribution in [2.45, 2.75) is 55.8 Å². The molecule has 2 heterocycles. The van der Waals surface area contributed by atoms with Gasteiger partial charge in [0.25, 0.3) is 0 Å². The van der Waals surface area contributed by atoms with E-state index in [-0.39, 0.29) is 12.0 Å². The second kappa shape index (κ2) is 8.14. The molecule has 2 aliphatic heterocycles. The maximum Gasteiger partial charge on any atom is 0.416 e. The Morgan fingerprint density at radius 1 is 1.10 bits per heavy atom. The van der Waals surface area contributed by atoms with Crippen LogP contribution in [0.1, 0.15) is 60.8 Å². The highest BCUT2D eigenvalue weighted by Gasteiger charge is 2.49. The van der Waals surface area contributed by atoms with Gasteiger partial charge in [-0.2, -0.15) is 13.2 Å². The second-order valence-electron chi connectivity index (χ2n) is 9.18. The van der Waals surface area contributed by atoms with Crippen LogP contribution in [0.2, 0.25) is 0 Å². The molecular formula is C25H28F3NO2. The first kappa shape index (κ1) is 20.8. The van der Waals surface area contributed by atoms with Crippen LogP contribution in [0.25, 0.3) is 0 Å². The van der Waals surface area contributed by atoms with E-state index in [2.05, 4.69) is 17.4 Å². The van der Waals surface area contributed by atoms with Crippen LogP contribution in [-0.2, 0) is 10.9 Å². The van der Waals surface area contributed by atoms with E-state index in [0.717, 1.165) is 43.9 Å². The Hall–Kier alpha value is -2.05. The predicted molar refractivity (Wildman–Crippen MR) is 112 cm³/mol. The molecule has 0 radical (unpaired) electrons. The molecule has 166 valence electrons. The first-order valence-corrected chi connectivity index (χ1v) is 11.2. The van der Waals surface area contributed by atoms with Gasteiger partial charge in [-0.3, -0.25) is 0 Å². The molecule has 3 fully saturated rings. The van der Waals surface area contributed by atoms with Crippen LogP contribution in [-0.4, -0.2) is 25.4 Å². The Bertz CT molecular complexity index is 913. The largest absolute Gasteiger partial charge is 0.493 e. The molecule has 6 heteroatoms. The Kier molecular flexibility index (Phi) is 5.47. The summed E-state index contributed by atoms with van der Waals surface area (Å²) in [6, 6.07) is 14.2. The zero-order valence-corrected chi connectivity index (χ0v) is 17.5. The van der Waals surface area contributed by atoms with E-state index in [1.807, 2.05) is 18.2 Å². The summed E-state index contributed by atoms with van der Waals surface area (Å²) in [5, 5.41) is 3.60. The van der Waals surface area contributed by atoms with E-state index in [9.17, 15) is 13.2 Å². The molecule has 1 saturated carbocycles. The lowest BCUT2D eigenvalue weighted by molar-refractivity contribution is -0.137. The van der Waals surface area contributed by atoms with Gasteiger partial charge in [0.1, 0.15) is 5.75 Å². The molecular weight excluding hydrogens is 403 g/mol. The molecule has 1 aliphatic carbocycles. The van der Waals surface area contributed by atoms with E-state index < -0.39 is 17.3 Å². The number of benzene rings is 2. The Morgan fingerprint density at radius 3 is 2.65 bits per heavy atom. The maximum atomic E-state index is 13.5. The Balaban J connectivity index is 1.44. The summed E-state index contributed by atoms with van der Waals surface area (Å²) < 4.78 is 52.8. The molecule has 2 aromatic rings. The predicted octanol–water partition coefficient (Wildman–Crippen LogP) is 5.86. The number of halogens is 3. The topological polar surface area (TPSA) is 30.5 Å². The molecule has 3 nitrogen and oxygen atoms in total. The van der Waals surface area contributed by atoms with E-state index in [4.69, 9.17) is 9.47 Å². The van der Waals surface area contributed by atoms with Crippen molar-refractivity contribution in [2.75, 3.05) is 19.8 Å². The molecule has 5 rings (SSSR count). The average Bonchev–Trinajstić information content (AvgIpc) is 3.52. The van der Waals surface area contributed by atoms with Crippen molar-refractivity contribution in [1.29, 1.82) is 0 Å². The highest BCUT2D eigenvalue weighted by atomic mass is 19.4. The van der Waals surface area contributed by atoms with Gasteiger partial charge in [-0.15, -0.1) is 0 Å². The fourth-order valence-electron chi connectivity index (χ4n) is 5.08. The SMILES string of the molecule is FC(F)(F)c1ccc(OCC2CC2)c([C@@H]2CO[C@]3(CCCN[C@H]3c3ccccc3)C2)c1. The van der Waals surface area contributed by atoms with Crippen LogP contribution in [0.5, 0.6) is 5.75 Å². The Labute approximate surface area is 180 Å². The lowest BCUT2D eigenvalue weighted by Gasteiger charge is -2.41. The van der Waals surface area contributed by atoms with Gasteiger partial charge < -0.3 is 14.8 Å². The van der Waals surface area contributed by atoms with Crippen molar-refractivity contribution in [3.63, 3.8) is 0 Å². The molecule has 2 aromatic carbocycles. The monoisotopic (exact) mass is 431 g/mol. The fraction of sp³-hybridized carbons (Fsp3) is 0.520. The van der Waals surface area contributed by atoms with Crippen LogP contribution in [0.4, 0.5) is 13.2 Å². The summed E-state index contributed by atoms with van der Waals surface area (Å²) in [5.74, 6) is 0.986. The smallest absolute Gasteiger partial charge is 0.416 e. The number of piperidine rings is 1. The summed E-state index contributed by atoms with van der Waals surface area (Å²) in [4.78, 5) is 0. The van der Waals surface area contributed by atoms with Crippen LogP contribution in [0, 0.1) is 5.92 Å². The van der Waals surface area contributed by atoms with Gasteiger partial charge in [-0.05, 0) is 68.3 Å². The lowest BCUT2D eigenvalue weighted by atomic mass is 9.76. The third kappa shape index (κ3) is 4.33. The molecule has 3 atom stereocenters. The minimum absolute atomic E-state index is 0.0362. The van der Waals surface area contributed by atoms with Gasteiger partial charge >= 0.3 is 6.18 Å². The molecule has 0 bridgehead atoms. The number of rotatable bonds is 5. The average molecular weight is 431 g/mol. The van der Waals surface area contributed by atoms with Crippen molar-refractivity contribution < 1.29 is 22.6 Å². The van der Waals surface area contributed by atoms with Crippen LogP contribution in [0.15, 0.2) is 48.5 Å². The second-order valence-corrected chi connectivity index (χ2v) is 9.18. The molecule has 2 saturated heterocycles. The van der Waals surface area contributed by atoms with Crippen LogP contribution in [0.3, 0.4) is 0 Å². The van der Waals surface area contributed by atoms with Crippen molar-refractivity contribution >= 4 is 0 Å². The summed E-state index contributed by atoms with van der Waals surface area (Å²) in [5.41, 5.74) is 0.761. The highest BCUT2D eigenvalue weighted by molar-refractivity contribution is 5.42. The molecule has 0 aromatic heterocycles. The molecule has 0 unspecified atom stereocenters. The highest BCUT2D eigenvalue weighted by Crippen LogP contribution is 2.50. The van der Waals surface area contributed by atoms with E-state index >= 15 is 0 Å². The summed E-state index contributed by atoms with van der Waals surface area (Å²) in [7, 11) is 0. The van der Waals surface area contributed by atoms with Gasteiger partial charge in [-0.25, -0.2) is 0 Å². The molecule has 3 aliphatic rings. The minimum atomic E-state index is -4.38. The standard InChI is InChI=1S/C25H28F3NO2/c26-25(27,28)20-9-10-22(30-15-17-7-8-17)21(13-20)19-14-24(31-16-19)11-4-12-29-23(24)18-5-2-1-3-6-18/h1-3,5-6,9-10,13,17,19,23,29H,4,7-8,11-12,14-16H2/t19-,23-,24+/m0/s1. The number of ether oxygens (including phenoxy) is 2. The van der Waals surface area contributed by atoms with Gasteiger partial charge in [0.2, 0.25) is 0 Å². The van der Waals surface area contributed by atoms with E-state index in [1.54, 1.807) is 0 Å². The van der Waals surface area contributed by atoms with Gasteiger partial charge in [0, 0.05) is 11.5 Å². The number of hydrogen-bond acceptors (Lipinski definition) is 3.